The van der Waals surface area contributed by atoms with Gasteiger partial charge in [-0.25, -0.2) is 0 Å². The molecule has 0 amide bonds. The van der Waals surface area contributed by atoms with E-state index in [1.807, 2.05) is 0 Å². The molecule has 0 aromatic carbocycles. The first-order valence-electron chi connectivity index (χ1n) is 4.88. The van der Waals surface area contributed by atoms with Gasteiger partial charge in [0.25, 0.3) is 0 Å². The van der Waals surface area contributed by atoms with E-state index in [2.05, 4.69) is 49.3 Å². The first-order valence-corrected chi connectivity index (χ1v) is 4.88. The Morgan fingerprint density at radius 3 is 2.54 bits per heavy atom. The summed E-state index contributed by atoms with van der Waals surface area (Å²) in [4.78, 5) is 0. The third-order valence-corrected chi connectivity index (χ3v) is 1.91. The average molecular weight is 181 g/mol. The summed E-state index contributed by atoms with van der Waals surface area (Å²) >= 11 is 0. The molecule has 2 N–H and O–H groups in total. The number of nitrogens with zero attached hydrogens (tertiary/aromatic N) is 1. The van der Waals surface area contributed by atoms with E-state index >= 15 is 0 Å². The predicted molar refractivity (Wildman–Crippen MR) is 56.0 cm³/mol. The maximum Gasteiger partial charge on any atom is 0.148 e. The van der Waals surface area contributed by atoms with E-state index in [4.69, 9.17) is 0 Å². The van der Waals surface area contributed by atoms with Crippen molar-refractivity contribution < 1.29 is 0 Å². The van der Waals surface area contributed by atoms with Gasteiger partial charge in [-0.05, 0) is 11.8 Å². The Labute approximate surface area is 79.9 Å². The predicted octanol–water partition coefficient (Wildman–Crippen LogP) is 2.60. The molecule has 1 heterocycles. The number of anilines is 1. The van der Waals surface area contributed by atoms with Crippen molar-refractivity contribution in [2.75, 3.05) is 11.9 Å². The summed E-state index contributed by atoms with van der Waals surface area (Å²) in [6.07, 6.45) is 0. The van der Waals surface area contributed by atoms with Gasteiger partial charge >= 0.3 is 0 Å². The van der Waals surface area contributed by atoms with Gasteiger partial charge in [0.2, 0.25) is 0 Å². The van der Waals surface area contributed by atoms with Gasteiger partial charge in [-0.3, -0.25) is 5.10 Å². The van der Waals surface area contributed by atoms with Crippen LogP contribution >= 0.6 is 0 Å². The maximum atomic E-state index is 4.17. The Bertz CT molecular complexity index is 250. The van der Waals surface area contributed by atoms with Gasteiger partial charge in [0.15, 0.2) is 0 Å². The summed E-state index contributed by atoms with van der Waals surface area (Å²) in [6.45, 7) is 9.65. The van der Waals surface area contributed by atoms with Crippen molar-refractivity contribution >= 4 is 5.82 Å². The zero-order valence-corrected chi connectivity index (χ0v) is 8.89. The molecule has 1 aromatic heterocycles. The van der Waals surface area contributed by atoms with Crippen molar-refractivity contribution in [1.82, 2.24) is 10.2 Å². The summed E-state index contributed by atoms with van der Waals surface area (Å²) in [5, 5.41) is 10.5. The van der Waals surface area contributed by atoms with Gasteiger partial charge in [-0.2, -0.15) is 5.10 Å². The highest BCUT2D eigenvalue weighted by atomic mass is 15.2. The third kappa shape index (κ3) is 3.09. The number of aromatic nitrogens is 2. The first kappa shape index (κ1) is 10.1. The van der Waals surface area contributed by atoms with Crippen molar-refractivity contribution in [3.63, 3.8) is 0 Å². The van der Waals surface area contributed by atoms with Gasteiger partial charge in [0.05, 0.1) is 0 Å². The quantitative estimate of drug-likeness (QED) is 0.749. The van der Waals surface area contributed by atoms with Crippen LogP contribution in [0.15, 0.2) is 6.07 Å². The van der Waals surface area contributed by atoms with Crippen molar-refractivity contribution in [1.29, 1.82) is 0 Å². The minimum absolute atomic E-state index is 0.516. The van der Waals surface area contributed by atoms with Gasteiger partial charge in [-0.15, -0.1) is 0 Å². The molecular formula is C10H19N3. The Morgan fingerprint density at radius 2 is 2.08 bits per heavy atom. The van der Waals surface area contributed by atoms with Gasteiger partial charge in [0.1, 0.15) is 5.82 Å². The number of hydrogen-bond acceptors (Lipinski definition) is 2. The second-order valence-electron chi connectivity index (χ2n) is 4.14. The van der Waals surface area contributed by atoms with Crippen molar-refractivity contribution in [3.8, 4) is 0 Å². The Hall–Kier alpha value is -0.990. The molecule has 0 bridgehead atoms. The summed E-state index contributed by atoms with van der Waals surface area (Å²) in [7, 11) is 0. The third-order valence-electron chi connectivity index (χ3n) is 1.91. The van der Waals surface area contributed by atoms with Crippen molar-refractivity contribution in [2.24, 2.45) is 5.92 Å². The molecule has 13 heavy (non-hydrogen) atoms. The molecule has 0 atom stereocenters. The number of nitrogens with one attached hydrogen (secondary N) is 2. The molecule has 0 aliphatic carbocycles. The second-order valence-corrected chi connectivity index (χ2v) is 4.14. The number of hydrogen-bond donors (Lipinski definition) is 2. The average Bonchev–Trinajstić information content (AvgIpc) is 2.48. The van der Waals surface area contributed by atoms with E-state index in [0.717, 1.165) is 12.4 Å². The van der Waals surface area contributed by atoms with E-state index in [1.54, 1.807) is 0 Å². The van der Waals surface area contributed by atoms with Crippen molar-refractivity contribution in [3.05, 3.63) is 11.8 Å². The minimum Gasteiger partial charge on any atom is -0.368 e. The second kappa shape index (κ2) is 4.30. The highest BCUT2D eigenvalue weighted by molar-refractivity contribution is 5.35. The van der Waals surface area contributed by atoms with Crippen LogP contribution in [0.2, 0.25) is 0 Å². The molecule has 0 saturated carbocycles. The maximum absolute atomic E-state index is 4.17. The SMILES string of the molecule is CC(C)CNc1cc(C(C)C)[nH]n1. The molecule has 0 unspecified atom stereocenters. The van der Waals surface area contributed by atoms with Gasteiger partial charge in [0, 0.05) is 18.3 Å². The molecule has 3 nitrogen and oxygen atoms in total. The van der Waals surface area contributed by atoms with Crippen LogP contribution in [0.5, 0.6) is 0 Å². The molecule has 0 radical (unpaired) electrons. The zero-order valence-electron chi connectivity index (χ0n) is 8.89. The monoisotopic (exact) mass is 181 g/mol. The normalized spacial score (nSPS) is 11.2. The van der Waals surface area contributed by atoms with Gasteiger partial charge < -0.3 is 5.32 Å². The lowest BCUT2D eigenvalue weighted by molar-refractivity contribution is 0.686. The van der Waals surface area contributed by atoms with Crippen LogP contribution in [0.25, 0.3) is 0 Å². The first-order chi connectivity index (χ1) is 6.09. The van der Waals surface area contributed by atoms with Gasteiger partial charge in [-0.1, -0.05) is 27.7 Å². The van der Waals surface area contributed by atoms with Crippen LogP contribution in [0, 0.1) is 5.92 Å². The molecule has 0 spiro atoms. The van der Waals surface area contributed by atoms with E-state index in [1.165, 1.54) is 5.69 Å². The summed E-state index contributed by atoms with van der Waals surface area (Å²) in [5.74, 6) is 2.12. The topological polar surface area (TPSA) is 40.7 Å². The van der Waals surface area contributed by atoms with Crippen LogP contribution in [-0.2, 0) is 0 Å². The fraction of sp³-hybridized carbons (Fsp3) is 0.700. The fourth-order valence-electron chi connectivity index (χ4n) is 1.03. The number of aromatic amines is 1. The molecule has 0 aliphatic rings. The number of H-pyrrole nitrogens is 1. The molecular weight excluding hydrogens is 162 g/mol. The summed E-state index contributed by atoms with van der Waals surface area (Å²) in [6, 6.07) is 2.08. The lowest BCUT2D eigenvalue weighted by atomic mass is 10.1. The molecule has 74 valence electrons. The molecule has 0 aliphatic heterocycles. The molecule has 1 rings (SSSR count). The summed E-state index contributed by atoms with van der Waals surface area (Å²) < 4.78 is 0. The Balaban J connectivity index is 2.49. The fourth-order valence-corrected chi connectivity index (χ4v) is 1.03. The van der Waals surface area contributed by atoms with E-state index < -0.39 is 0 Å². The lowest BCUT2D eigenvalue weighted by Crippen LogP contribution is -2.07. The molecule has 1 aromatic rings. The van der Waals surface area contributed by atoms with E-state index in [9.17, 15) is 0 Å². The summed E-state index contributed by atoms with van der Waals surface area (Å²) in [5.41, 5.74) is 1.19. The molecule has 0 saturated heterocycles. The van der Waals surface area contributed by atoms with Crippen LogP contribution < -0.4 is 5.32 Å². The highest BCUT2D eigenvalue weighted by Gasteiger charge is 2.04. The highest BCUT2D eigenvalue weighted by Crippen LogP contribution is 2.14. The van der Waals surface area contributed by atoms with E-state index in [0.29, 0.717) is 11.8 Å². The zero-order chi connectivity index (χ0) is 9.84. The van der Waals surface area contributed by atoms with Crippen molar-refractivity contribution in [2.45, 2.75) is 33.6 Å². The Morgan fingerprint density at radius 1 is 1.38 bits per heavy atom. The number of rotatable bonds is 4. The van der Waals surface area contributed by atoms with Crippen LogP contribution in [-0.4, -0.2) is 16.7 Å². The van der Waals surface area contributed by atoms with E-state index in [-0.39, 0.29) is 0 Å². The Kier molecular flexibility index (Phi) is 3.34. The minimum atomic E-state index is 0.516. The smallest absolute Gasteiger partial charge is 0.148 e. The standard InChI is InChI=1S/C10H19N3/c1-7(2)6-11-10-5-9(8(3)4)12-13-10/h5,7-8H,6H2,1-4H3,(H2,11,12,13). The lowest BCUT2D eigenvalue weighted by Gasteiger charge is -2.04. The van der Waals surface area contributed by atoms with Crippen LogP contribution in [0.4, 0.5) is 5.82 Å². The molecule has 3 heteroatoms. The van der Waals surface area contributed by atoms with Crippen LogP contribution in [0.1, 0.15) is 39.3 Å². The largest absolute Gasteiger partial charge is 0.368 e. The van der Waals surface area contributed by atoms with Crippen LogP contribution in [0.3, 0.4) is 0 Å². The molecule has 0 fully saturated rings.